The number of nitrogens with one attached hydrogen (secondary N) is 1. The van der Waals surface area contributed by atoms with Gasteiger partial charge in [0.15, 0.2) is 0 Å². The predicted octanol–water partition coefficient (Wildman–Crippen LogP) is 0.833. The highest BCUT2D eigenvalue weighted by molar-refractivity contribution is 7.13. The van der Waals surface area contributed by atoms with Gasteiger partial charge in [0, 0.05) is 26.2 Å². The van der Waals surface area contributed by atoms with Crippen molar-refractivity contribution >= 4 is 28.2 Å². The Morgan fingerprint density at radius 1 is 1.32 bits per heavy atom. The SMILES string of the molecule is O=C(CN1CCN(c2cccc(F)n2)CC1)Nc1nncs1. The van der Waals surface area contributed by atoms with Gasteiger partial charge in [-0.25, -0.2) is 4.98 Å². The van der Waals surface area contributed by atoms with Crippen molar-refractivity contribution in [2.45, 2.75) is 0 Å². The first-order chi connectivity index (χ1) is 10.7. The van der Waals surface area contributed by atoms with Crippen LogP contribution in [-0.4, -0.2) is 58.7 Å². The van der Waals surface area contributed by atoms with Gasteiger partial charge in [-0.15, -0.1) is 10.2 Å². The Morgan fingerprint density at radius 3 is 2.82 bits per heavy atom. The molecule has 0 radical (unpaired) electrons. The number of pyridine rings is 1. The van der Waals surface area contributed by atoms with E-state index in [0.717, 1.165) is 13.1 Å². The van der Waals surface area contributed by atoms with E-state index >= 15 is 0 Å². The van der Waals surface area contributed by atoms with E-state index in [1.807, 2.05) is 9.80 Å². The highest BCUT2D eigenvalue weighted by Crippen LogP contribution is 2.14. The molecule has 0 bridgehead atoms. The van der Waals surface area contributed by atoms with Gasteiger partial charge in [0.25, 0.3) is 0 Å². The molecule has 9 heteroatoms. The van der Waals surface area contributed by atoms with Crippen molar-refractivity contribution in [1.82, 2.24) is 20.1 Å². The van der Waals surface area contributed by atoms with Crippen molar-refractivity contribution in [1.29, 1.82) is 0 Å². The van der Waals surface area contributed by atoms with Crippen LogP contribution in [0.1, 0.15) is 0 Å². The number of rotatable bonds is 4. The Kier molecular flexibility index (Phi) is 4.54. The number of amides is 1. The number of piperazine rings is 1. The molecule has 0 unspecified atom stereocenters. The summed E-state index contributed by atoms with van der Waals surface area (Å²) in [5, 5.41) is 10.7. The Hall–Kier alpha value is -2.13. The minimum atomic E-state index is -0.476. The third-order valence-electron chi connectivity index (χ3n) is 3.37. The van der Waals surface area contributed by atoms with E-state index in [4.69, 9.17) is 0 Å². The summed E-state index contributed by atoms with van der Waals surface area (Å²) in [6.45, 7) is 3.18. The Labute approximate surface area is 130 Å². The number of aromatic nitrogens is 3. The van der Waals surface area contributed by atoms with Gasteiger partial charge in [-0.2, -0.15) is 4.39 Å². The molecule has 7 nitrogen and oxygen atoms in total. The summed E-state index contributed by atoms with van der Waals surface area (Å²) in [6, 6.07) is 4.78. The van der Waals surface area contributed by atoms with E-state index in [-0.39, 0.29) is 5.91 Å². The Morgan fingerprint density at radius 2 is 2.14 bits per heavy atom. The number of anilines is 2. The lowest BCUT2D eigenvalue weighted by atomic mass is 10.3. The topological polar surface area (TPSA) is 74.2 Å². The second kappa shape index (κ2) is 6.75. The molecule has 1 amide bonds. The molecular formula is C13H15FN6OS. The van der Waals surface area contributed by atoms with E-state index in [1.54, 1.807) is 17.6 Å². The lowest BCUT2D eigenvalue weighted by molar-refractivity contribution is -0.117. The first-order valence-corrected chi connectivity index (χ1v) is 7.74. The minimum absolute atomic E-state index is 0.103. The Bertz CT molecular complexity index is 629. The zero-order valence-corrected chi connectivity index (χ0v) is 12.6. The average molecular weight is 322 g/mol. The predicted molar refractivity (Wildman–Crippen MR) is 81.4 cm³/mol. The van der Waals surface area contributed by atoms with E-state index < -0.39 is 5.95 Å². The first kappa shape index (κ1) is 14.8. The standard InChI is InChI=1S/C13H15FN6OS/c14-10-2-1-3-11(16-10)20-6-4-19(5-7-20)8-12(21)17-13-18-15-9-22-13/h1-3,9H,4-8H2,(H,17,18,21). The molecule has 0 aliphatic carbocycles. The molecule has 1 aliphatic heterocycles. The molecule has 116 valence electrons. The highest BCUT2D eigenvalue weighted by Gasteiger charge is 2.20. The fraction of sp³-hybridized carbons (Fsp3) is 0.385. The van der Waals surface area contributed by atoms with Crippen molar-refractivity contribution in [3.8, 4) is 0 Å². The average Bonchev–Trinajstić information content (AvgIpc) is 3.01. The number of hydrogen-bond donors (Lipinski definition) is 1. The molecule has 0 atom stereocenters. The lowest BCUT2D eigenvalue weighted by Crippen LogP contribution is -2.49. The smallest absolute Gasteiger partial charge is 0.240 e. The van der Waals surface area contributed by atoms with Crippen molar-refractivity contribution < 1.29 is 9.18 Å². The van der Waals surface area contributed by atoms with Crippen molar-refractivity contribution in [3.05, 3.63) is 29.7 Å². The molecule has 1 N–H and O–H groups in total. The van der Waals surface area contributed by atoms with Crippen molar-refractivity contribution in [2.75, 3.05) is 42.9 Å². The van der Waals surface area contributed by atoms with Crippen molar-refractivity contribution in [3.63, 3.8) is 0 Å². The molecule has 2 aromatic heterocycles. The molecule has 0 aromatic carbocycles. The van der Waals surface area contributed by atoms with Crippen LogP contribution < -0.4 is 10.2 Å². The highest BCUT2D eigenvalue weighted by atomic mass is 32.1. The van der Waals surface area contributed by atoms with Crippen LogP contribution >= 0.6 is 11.3 Å². The van der Waals surface area contributed by atoms with Crippen LogP contribution in [0.3, 0.4) is 0 Å². The quantitative estimate of drug-likeness (QED) is 0.841. The van der Waals surface area contributed by atoms with Gasteiger partial charge in [-0.1, -0.05) is 17.4 Å². The molecule has 3 rings (SSSR count). The summed E-state index contributed by atoms with van der Waals surface area (Å²) < 4.78 is 13.1. The normalized spacial score (nSPS) is 15.8. The van der Waals surface area contributed by atoms with E-state index in [9.17, 15) is 9.18 Å². The van der Waals surface area contributed by atoms with E-state index in [1.165, 1.54) is 17.4 Å². The third-order valence-corrected chi connectivity index (χ3v) is 3.98. The molecule has 0 saturated carbocycles. The zero-order valence-electron chi connectivity index (χ0n) is 11.8. The summed E-state index contributed by atoms with van der Waals surface area (Å²) in [7, 11) is 0. The largest absolute Gasteiger partial charge is 0.354 e. The number of halogens is 1. The minimum Gasteiger partial charge on any atom is -0.354 e. The molecule has 22 heavy (non-hydrogen) atoms. The van der Waals surface area contributed by atoms with Crippen LogP contribution in [0, 0.1) is 5.95 Å². The number of nitrogens with zero attached hydrogens (tertiary/aromatic N) is 5. The van der Waals surface area contributed by atoms with Crippen LogP contribution in [0.4, 0.5) is 15.3 Å². The summed E-state index contributed by atoms with van der Waals surface area (Å²) in [5.41, 5.74) is 1.57. The summed E-state index contributed by atoms with van der Waals surface area (Å²) in [4.78, 5) is 19.8. The van der Waals surface area contributed by atoms with Gasteiger partial charge in [-0.05, 0) is 12.1 Å². The number of hydrogen-bond acceptors (Lipinski definition) is 7. The molecule has 1 saturated heterocycles. The maximum absolute atomic E-state index is 13.1. The summed E-state index contributed by atoms with van der Waals surface area (Å²) in [5.74, 6) is 0.0587. The maximum Gasteiger partial charge on any atom is 0.240 e. The molecule has 2 aromatic rings. The summed E-state index contributed by atoms with van der Waals surface area (Å²) >= 11 is 1.29. The van der Waals surface area contributed by atoms with Crippen LogP contribution in [0.25, 0.3) is 0 Å². The lowest BCUT2D eigenvalue weighted by Gasteiger charge is -2.34. The van der Waals surface area contributed by atoms with Gasteiger partial charge in [-0.3, -0.25) is 15.0 Å². The molecular weight excluding hydrogens is 307 g/mol. The van der Waals surface area contributed by atoms with Crippen LogP contribution in [0.15, 0.2) is 23.7 Å². The van der Waals surface area contributed by atoms with Crippen LogP contribution in [0.5, 0.6) is 0 Å². The fourth-order valence-electron chi connectivity index (χ4n) is 2.30. The molecule has 0 spiro atoms. The maximum atomic E-state index is 13.1. The van der Waals surface area contributed by atoms with Crippen molar-refractivity contribution in [2.24, 2.45) is 0 Å². The van der Waals surface area contributed by atoms with E-state index in [2.05, 4.69) is 20.5 Å². The van der Waals surface area contributed by atoms with Gasteiger partial charge in [0.2, 0.25) is 17.0 Å². The van der Waals surface area contributed by atoms with Crippen LogP contribution in [0.2, 0.25) is 0 Å². The number of carbonyl (C=O) groups excluding carboxylic acids is 1. The summed E-state index contributed by atoms with van der Waals surface area (Å²) in [6.07, 6.45) is 0. The molecule has 3 heterocycles. The Balaban J connectivity index is 1.48. The first-order valence-electron chi connectivity index (χ1n) is 6.86. The number of carbonyl (C=O) groups is 1. The third kappa shape index (κ3) is 3.74. The molecule has 1 fully saturated rings. The van der Waals surface area contributed by atoms with Gasteiger partial charge < -0.3 is 4.90 Å². The van der Waals surface area contributed by atoms with Gasteiger partial charge in [0.05, 0.1) is 6.54 Å². The van der Waals surface area contributed by atoms with Gasteiger partial charge in [0.1, 0.15) is 11.3 Å². The second-order valence-electron chi connectivity index (χ2n) is 4.87. The molecule has 1 aliphatic rings. The monoisotopic (exact) mass is 322 g/mol. The zero-order chi connectivity index (χ0) is 15.4. The van der Waals surface area contributed by atoms with Crippen LogP contribution in [-0.2, 0) is 4.79 Å². The fourth-order valence-corrected chi connectivity index (χ4v) is 2.76. The van der Waals surface area contributed by atoms with E-state index in [0.29, 0.717) is 30.6 Å². The van der Waals surface area contributed by atoms with Gasteiger partial charge >= 0.3 is 0 Å². The second-order valence-corrected chi connectivity index (χ2v) is 5.71.